The van der Waals surface area contributed by atoms with E-state index in [0.29, 0.717) is 0 Å². The zero-order valence-corrected chi connectivity index (χ0v) is 13.3. The molecule has 1 N–H and O–H groups in total. The van der Waals surface area contributed by atoms with Crippen molar-refractivity contribution in [1.29, 1.82) is 0 Å². The Bertz CT molecular complexity index is 722. The van der Waals surface area contributed by atoms with Crippen molar-refractivity contribution in [2.75, 3.05) is 5.32 Å². The summed E-state index contributed by atoms with van der Waals surface area (Å²) in [6, 6.07) is 19.2. The summed E-state index contributed by atoms with van der Waals surface area (Å²) in [4.78, 5) is 4.48. The van der Waals surface area contributed by atoms with Gasteiger partial charge in [-0.2, -0.15) is 0 Å². The lowest BCUT2D eigenvalue weighted by atomic mass is 10.1. The van der Waals surface area contributed by atoms with Gasteiger partial charge in [0.1, 0.15) is 0 Å². The quantitative estimate of drug-likeness (QED) is 0.652. The zero-order valence-electron chi connectivity index (χ0n) is 11.2. The summed E-state index contributed by atoms with van der Waals surface area (Å²) in [6.45, 7) is 2.16. The summed E-state index contributed by atoms with van der Waals surface area (Å²) in [7, 11) is 0. The highest BCUT2D eigenvalue weighted by Gasteiger charge is 2.06. The number of benzene rings is 2. The Morgan fingerprint density at radius 1 is 1.05 bits per heavy atom. The number of para-hydroxylation sites is 1. The minimum atomic E-state index is 0.259. The maximum absolute atomic E-state index is 4.48. The predicted octanol–water partition coefficient (Wildman–Crippen LogP) is 5.01. The van der Waals surface area contributed by atoms with E-state index in [0.717, 1.165) is 16.6 Å². The van der Waals surface area contributed by atoms with Crippen molar-refractivity contribution in [3.63, 3.8) is 0 Å². The molecule has 20 heavy (non-hydrogen) atoms. The Balaban J connectivity index is 1.83. The Kier molecular flexibility index (Phi) is 3.87. The summed E-state index contributed by atoms with van der Waals surface area (Å²) in [5, 5.41) is 4.66. The molecule has 3 aromatic rings. The number of hydrogen-bond donors (Lipinski definition) is 1. The number of nitrogens with zero attached hydrogens (tertiary/aromatic N) is 1. The molecule has 3 rings (SSSR count). The molecule has 1 heterocycles. The lowest BCUT2D eigenvalue weighted by Crippen LogP contribution is -2.06. The Hall–Kier alpha value is -1.62. The van der Waals surface area contributed by atoms with E-state index in [1.807, 2.05) is 24.4 Å². The summed E-state index contributed by atoms with van der Waals surface area (Å²) >= 11 is 2.32. The molecule has 2 nitrogen and oxygen atoms in total. The van der Waals surface area contributed by atoms with Gasteiger partial charge < -0.3 is 5.32 Å². The summed E-state index contributed by atoms with van der Waals surface area (Å²) in [5.41, 5.74) is 3.35. The number of rotatable bonds is 3. The van der Waals surface area contributed by atoms with Crippen molar-refractivity contribution >= 4 is 39.2 Å². The van der Waals surface area contributed by atoms with Crippen LogP contribution in [0.4, 0.5) is 5.69 Å². The third-order valence-corrected chi connectivity index (χ3v) is 4.06. The molecule has 3 heteroatoms. The summed E-state index contributed by atoms with van der Waals surface area (Å²) < 4.78 is 1.26. The van der Waals surface area contributed by atoms with E-state index in [9.17, 15) is 0 Å². The van der Waals surface area contributed by atoms with Gasteiger partial charge in [0.25, 0.3) is 0 Å². The predicted molar refractivity (Wildman–Crippen MR) is 92.9 cm³/mol. The van der Waals surface area contributed by atoms with Crippen molar-refractivity contribution in [2.45, 2.75) is 13.0 Å². The maximum atomic E-state index is 4.48. The van der Waals surface area contributed by atoms with Crippen LogP contribution in [0, 0.1) is 3.57 Å². The first kappa shape index (κ1) is 13.4. The molecule has 1 aromatic heterocycles. The number of pyridine rings is 1. The molecule has 0 amide bonds. The topological polar surface area (TPSA) is 24.9 Å². The minimum absolute atomic E-state index is 0.259. The van der Waals surface area contributed by atoms with Gasteiger partial charge in [-0.3, -0.25) is 4.98 Å². The van der Waals surface area contributed by atoms with Crippen molar-refractivity contribution in [3.05, 3.63) is 69.9 Å². The lowest BCUT2D eigenvalue weighted by Gasteiger charge is -2.16. The van der Waals surface area contributed by atoms with Gasteiger partial charge in [-0.05, 0) is 59.3 Å². The van der Waals surface area contributed by atoms with E-state index < -0.39 is 0 Å². The van der Waals surface area contributed by atoms with E-state index >= 15 is 0 Å². The highest BCUT2D eigenvalue weighted by molar-refractivity contribution is 14.1. The monoisotopic (exact) mass is 374 g/mol. The molecule has 1 unspecified atom stereocenters. The standard InChI is InChI=1S/C17H15IN2/c1-12(13-6-8-15(18)9-7-13)20-16-10-14-4-2-3-5-17(14)19-11-16/h2-12,20H,1H3. The van der Waals surface area contributed by atoms with E-state index in [2.05, 4.69) is 76.2 Å². The van der Waals surface area contributed by atoms with Crippen LogP contribution in [-0.4, -0.2) is 4.98 Å². The number of hydrogen-bond acceptors (Lipinski definition) is 2. The highest BCUT2D eigenvalue weighted by Crippen LogP contribution is 2.22. The summed E-state index contributed by atoms with van der Waals surface area (Å²) in [5.74, 6) is 0. The van der Waals surface area contributed by atoms with E-state index in [1.54, 1.807) is 0 Å². The Labute approximate surface area is 132 Å². The Morgan fingerprint density at radius 3 is 2.60 bits per heavy atom. The number of fused-ring (bicyclic) bond motifs is 1. The maximum Gasteiger partial charge on any atom is 0.0703 e. The van der Waals surface area contributed by atoms with Crippen LogP contribution in [0.5, 0.6) is 0 Å². The first-order valence-electron chi connectivity index (χ1n) is 6.59. The molecule has 0 spiro atoms. The fourth-order valence-corrected chi connectivity index (χ4v) is 2.59. The van der Waals surface area contributed by atoms with Gasteiger partial charge in [0.2, 0.25) is 0 Å². The second-order valence-electron chi connectivity index (χ2n) is 4.83. The largest absolute Gasteiger partial charge is 0.377 e. The molecule has 0 saturated carbocycles. The number of aromatic nitrogens is 1. The minimum Gasteiger partial charge on any atom is -0.377 e. The van der Waals surface area contributed by atoms with Crippen molar-refractivity contribution in [2.24, 2.45) is 0 Å². The number of halogens is 1. The van der Waals surface area contributed by atoms with Crippen LogP contribution >= 0.6 is 22.6 Å². The van der Waals surface area contributed by atoms with Crippen LogP contribution < -0.4 is 5.32 Å². The molecular weight excluding hydrogens is 359 g/mol. The van der Waals surface area contributed by atoms with Crippen molar-refractivity contribution in [1.82, 2.24) is 4.98 Å². The van der Waals surface area contributed by atoms with Gasteiger partial charge in [0.05, 0.1) is 17.4 Å². The van der Waals surface area contributed by atoms with Crippen molar-refractivity contribution in [3.8, 4) is 0 Å². The summed E-state index contributed by atoms with van der Waals surface area (Å²) in [6.07, 6.45) is 1.89. The molecule has 2 aromatic carbocycles. The molecule has 0 bridgehead atoms. The van der Waals surface area contributed by atoms with E-state index in [4.69, 9.17) is 0 Å². The van der Waals surface area contributed by atoms with Gasteiger partial charge in [0, 0.05) is 15.0 Å². The zero-order chi connectivity index (χ0) is 13.9. The van der Waals surface area contributed by atoms with Crippen LogP contribution in [-0.2, 0) is 0 Å². The lowest BCUT2D eigenvalue weighted by molar-refractivity contribution is 0.883. The fraction of sp³-hybridized carbons (Fsp3) is 0.118. The molecule has 1 atom stereocenters. The molecule has 0 radical (unpaired) electrons. The molecule has 0 aliphatic heterocycles. The fourth-order valence-electron chi connectivity index (χ4n) is 2.23. The number of nitrogens with one attached hydrogen (secondary N) is 1. The van der Waals surface area contributed by atoms with Crippen LogP contribution in [0.25, 0.3) is 10.9 Å². The molecule has 0 aliphatic rings. The van der Waals surface area contributed by atoms with E-state index in [-0.39, 0.29) is 6.04 Å². The van der Waals surface area contributed by atoms with Gasteiger partial charge in [-0.25, -0.2) is 0 Å². The molecule has 0 saturated heterocycles. The average molecular weight is 374 g/mol. The van der Waals surface area contributed by atoms with Crippen molar-refractivity contribution < 1.29 is 0 Å². The van der Waals surface area contributed by atoms with Crippen LogP contribution in [0.15, 0.2) is 60.8 Å². The van der Waals surface area contributed by atoms with Gasteiger partial charge in [-0.15, -0.1) is 0 Å². The third-order valence-electron chi connectivity index (χ3n) is 3.34. The second kappa shape index (κ2) is 5.79. The van der Waals surface area contributed by atoms with Crippen LogP contribution in [0.1, 0.15) is 18.5 Å². The highest BCUT2D eigenvalue weighted by atomic mass is 127. The van der Waals surface area contributed by atoms with Crippen LogP contribution in [0.2, 0.25) is 0 Å². The van der Waals surface area contributed by atoms with Gasteiger partial charge in [0.15, 0.2) is 0 Å². The third kappa shape index (κ3) is 2.93. The first-order chi connectivity index (χ1) is 9.72. The second-order valence-corrected chi connectivity index (χ2v) is 6.08. The first-order valence-corrected chi connectivity index (χ1v) is 7.67. The normalized spacial score (nSPS) is 12.3. The van der Waals surface area contributed by atoms with E-state index in [1.165, 1.54) is 9.13 Å². The SMILES string of the molecule is CC(Nc1cnc2ccccc2c1)c1ccc(I)cc1. The average Bonchev–Trinajstić information content (AvgIpc) is 2.48. The smallest absolute Gasteiger partial charge is 0.0703 e. The Morgan fingerprint density at radius 2 is 1.80 bits per heavy atom. The van der Waals surface area contributed by atoms with Gasteiger partial charge in [-0.1, -0.05) is 30.3 Å². The van der Waals surface area contributed by atoms with Gasteiger partial charge >= 0.3 is 0 Å². The molecular formula is C17H15IN2. The molecule has 0 fully saturated rings. The van der Waals surface area contributed by atoms with Crippen LogP contribution in [0.3, 0.4) is 0 Å². The molecule has 100 valence electrons. The number of anilines is 1. The molecule has 0 aliphatic carbocycles.